The minimum Gasteiger partial charge on any atom is -0.298 e. The predicted molar refractivity (Wildman–Crippen MR) is 111 cm³/mol. The Kier molecular flexibility index (Phi) is 7.32. The minimum atomic E-state index is -4.70. The van der Waals surface area contributed by atoms with E-state index in [0.717, 1.165) is 13.2 Å². The second kappa shape index (κ2) is 9.08. The molecule has 4 nitrogen and oxygen atoms in total. The average Bonchev–Trinajstić information content (AvgIpc) is 2.62. The van der Waals surface area contributed by atoms with Gasteiger partial charge in [0.15, 0.2) is 9.84 Å². The molecule has 2 aromatic carbocycles. The highest BCUT2D eigenvalue weighted by Crippen LogP contribution is 2.35. The normalized spacial score (nSPS) is 14.8. The molecule has 0 radical (unpaired) electrons. The molecule has 0 unspecified atom stereocenters. The molecule has 2 atom stereocenters. The molecule has 0 bridgehead atoms. The number of benzene rings is 2. The van der Waals surface area contributed by atoms with Crippen LogP contribution in [0.25, 0.3) is 11.1 Å². The summed E-state index contributed by atoms with van der Waals surface area (Å²) >= 11 is 0. The van der Waals surface area contributed by atoms with E-state index in [4.69, 9.17) is 0 Å². The van der Waals surface area contributed by atoms with E-state index < -0.39 is 39.5 Å². The monoisotopic (exact) mass is 459 g/mol. The van der Waals surface area contributed by atoms with Gasteiger partial charge in [-0.25, -0.2) is 12.8 Å². The largest absolute Gasteiger partial charge is 0.407 e. The lowest BCUT2D eigenvalue weighted by Gasteiger charge is -2.29. The SMILES string of the molecule is CC(=O)[C@H](CC(C)(C)F)N[C@@H](c1ccc(-c2ccc(S(C)(=O)=O)cc2)cc1)C(F)(F)F. The van der Waals surface area contributed by atoms with Crippen molar-refractivity contribution >= 4 is 15.6 Å². The van der Waals surface area contributed by atoms with Crippen molar-refractivity contribution in [1.29, 1.82) is 0 Å². The molecule has 2 aromatic rings. The number of hydrogen-bond acceptors (Lipinski definition) is 4. The average molecular weight is 460 g/mol. The predicted octanol–water partition coefficient (Wildman–Crippen LogP) is 5.05. The van der Waals surface area contributed by atoms with E-state index in [0.29, 0.717) is 11.1 Å². The molecule has 1 N–H and O–H groups in total. The number of nitrogens with one attached hydrogen (secondary N) is 1. The summed E-state index contributed by atoms with van der Waals surface area (Å²) in [5, 5.41) is 2.27. The van der Waals surface area contributed by atoms with Crippen LogP contribution in [0.5, 0.6) is 0 Å². The van der Waals surface area contributed by atoms with Crippen molar-refractivity contribution in [2.75, 3.05) is 6.26 Å². The molecule has 0 saturated heterocycles. The van der Waals surface area contributed by atoms with Gasteiger partial charge in [0.2, 0.25) is 0 Å². The summed E-state index contributed by atoms with van der Waals surface area (Å²) in [5.41, 5.74) is -0.706. The van der Waals surface area contributed by atoms with Crippen LogP contribution in [0.2, 0.25) is 0 Å². The highest BCUT2D eigenvalue weighted by Gasteiger charge is 2.43. The molecule has 0 aliphatic heterocycles. The number of sulfone groups is 1. The molecule has 31 heavy (non-hydrogen) atoms. The van der Waals surface area contributed by atoms with Crippen molar-refractivity contribution in [2.45, 2.75) is 56.0 Å². The lowest BCUT2D eigenvalue weighted by molar-refractivity contribution is -0.161. The van der Waals surface area contributed by atoms with E-state index in [1.165, 1.54) is 50.2 Å². The summed E-state index contributed by atoms with van der Waals surface area (Å²) in [7, 11) is -3.36. The van der Waals surface area contributed by atoms with Crippen molar-refractivity contribution in [2.24, 2.45) is 0 Å². The number of carbonyl (C=O) groups excluding carboxylic acids is 1. The summed E-state index contributed by atoms with van der Waals surface area (Å²) in [6.07, 6.45) is -4.01. The molecule has 0 aromatic heterocycles. The van der Waals surface area contributed by atoms with Crippen molar-refractivity contribution in [3.05, 3.63) is 54.1 Å². The second-order valence-electron chi connectivity index (χ2n) is 8.15. The van der Waals surface area contributed by atoms with Crippen LogP contribution in [0.3, 0.4) is 0 Å². The molecule has 0 spiro atoms. The Bertz CT molecular complexity index is 1010. The van der Waals surface area contributed by atoms with Crippen LogP contribution in [0.4, 0.5) is 17.6 Å². The summed E-state index contributed by atoms with van der Waals surface area (Å²) in [4.78, 5) is 12.0. The Morgan fingerprint density at radius 3 is 1.74 bits per heavy atom. The fourth-order valence-corrected chi connectivity index (χ4v) is 3.78. The molecular weight excluding hydrogens is 434 g/mol. The first kappa shape index (κ1) is 25.0. The van der Waals surface area contributed by atoms with Crippen molar-refractivity contribution in [1.82, 2.24) is 5.32 Å². The minimum absolute atomic E-state index is 0.119. The zero-order valence-corrected chi connectivity index (χ0v) is 18.4. The van der Waals surface area contributed by atoms with Gasteiger partial charge in [-0.15, -0.1) is 0 Å². The van der Waals surface area contributed by atoms with Gasteiger partial charge >= 0.3 is 6.18 Å². The first-order valence-corrected chi connectivity index (χ1v) is 11.4. The van der Waals surface area contributed by atoms with Crippen LogP contribution in [0.1, 0.15) is 38.8 Å². The van der Waals surface area contributed by atoms with Gasteiger partial charge in [0.05, 0.1) is 10.9 Å². The van der Waals surface area contributed by atoms with Crippen LogP contribution in [0, 0.1) is 0 Å². The lowest BCUT2D eigenvalue weighted by Crippen LogP contribution is -2.46. The van der Waals surface area contributed by atoms with Crippen LogP contribution >= 0.6 is 0 Å². The van der Waals surface area contributed by atoms with E-state index >= 15 is 0 Å². The van der Waals surface area contributed by atoms with Gasteiger partial charge in [0.25, 0.3) is 0 Å². The maximum atomic E-state index is 14.0. The Balaban J connectivity index is 2.32. The smallest absolute Gasteiger partial charge is 0.298 e. The standard InChI is InChI=1S/C22H25F4NO3S/c1-14(28)19(13-21(2,3)23)27-20(22(24,25)26)17-7-5-15(6-8-17)16-9-11-18(12-10-16)31(4,29)30/h5-12,19-20,27H,13H2,1-4H3/t19-,20-/m0/s1. The van der Waals surface area contributed by atoms with Gasteiger partial charge < -0.3 is 0 Å². The van der Waals surface area contributed by atoms with Crippen LogP contribution in [-0.2, 0) is 14.6 Å². The number of carbonyl (C=O) groups is 1. The lowest BCUT2D eigenvalue weighted by atomic mass is 9.95. The molecule has 9 heteroatoms. The van der Waals surface area contributed by atoms with Gasteiger partial charge in [-0.3, -0.25) is 10.1 Å². The first-order valence-electron chi connectivity index (χ1n) is 9.50. The van der Waals surface area contributed by atoms with Crippen molar-refractivity contribution in [3.63, 3.8) is 0 Å². The van der Waals surface area contributed by atoms with Gasteiger partial charge in [-0.05, 0) is 49.6 Å². The molecule has 170 valence electrons. The number of ketones is 1. The van der Waals surface area contributed by atoms with Gasteiger partial charge in [-0.1, -0.05) is 36.4 Å². The number of Topliss-reactive ketones (excluding diaryl/α,β-unsaturated/α-hetero) is 1. The highest BCUT2D eigenvalue weighted by atomic mass is 32.2. The van der Waals surface area contributed by atoms with Crippen molar-refractivity contribution in [3.8, 4) is 11.1 Å². The molecular formula is C22H25F4NO3S. The summed E-state index contributed by atoms with van der Waals surface area (Å²) < 4.78 is 78.2. The molecule has 0 aliphatic rings. The third kappa shape index (κ3) is 7.14. The summed E-state index contributed by atoms with van der Waals surface area (Å²) in [5.74, 6) is -0.581. The number of alkyl halides is 4. The van der Waals surface area contributed by atoms with Crippen LogP contribution in [-0.4, -0.2) is 38.3 Å². The molecule has 0 saturated carbocycles. The molecule has 2 rings (SSSR count). The second-order valence-corrected chi connectivity index (χ2v) is 10.2. The Morgan fingerprint density at radius 2 is 1.39 bits per heavy atom. The number of hydrogen-bond donors (Lipinski definition) is 1. The molecule has 0 fully saturated rings. The molecule has 0 aliphatic carbocycles. The zero-order chi connectivity index (χ0) is 23.6. The Hall–Kier alpha value is -2.26. The Labute approximate surface area is 179 Å². The van der Waals surface area contributed by atoms with Gasteiger partial charge in [-0.2, -0.15) is 13.2 Å². The van der Waals surface area contributed by atoms with Gasteiger partial charge in [0, 0.05) is 12.7 Å². The summed E-state index contributed by atoms with van der Waals surface area (Å²) in [6, 6.07) is 8.06. The number of rotatable bonds is 8. The fourth-order valence-electron chi connectivity index (χ4n) is 3.15. The van der Waals surface area contributed by atoms with Gasteiger partial charge in [0.1, 0.15) is 17.5 Å². The quantitative estimate of drug-likeness (QED) is 0.562. The molecule has 0 heterocycles. The third-order valence-corrected chi connectivity index (χ3v) is 5.86. The first-order chi connectivity index (χ1) is 14.1. The number of halogens is 4. The third-order valence-electron chi connectivity index (χ3n) is 4.74. The summed E-state index contributed by atoms with van der Waals surface area (Å²) in [6.45, 7) is 3.54. The topological polar surface area (TPSA) is 63.2 Å². The van der Waals surface area contributed by atoms with E-state index in [-0.39, 0.29) is 16.9 Å². The van der Waals surface area contributed by atoms with E-state index in [1.807, 2.05) is 0 Å². The highest BCUT2D eigenvalue weighted by molar-refractivity contribution is 7.90. The van der Waals surface area contributed by atoms with E-state index in [9.17, 15) is 30.8 Å². The Morgan fingerprint density at radius 1 is 0.935 bits per heavy atom. The van der Waals surface area contributed by atoms with Crippen LogP contribution < -0.4 is 5.32 Å². The maximum Gasteiger partial charge on any atom is 0.407 e. The van der Waals surface area contributed by atoms with Crippen molar-refractivity contribution < 1.29 is 30.8 Å². The molecule has 0 amide bonds. The van der Waals surface area contributed by atoms with E-state index in [2.05, 4.69) is 5.32 Å². The fraction of sp³-hybridized carbons (Fsp3) is 0.409. The van der Waals surface area contributed by atoms with Crippen LogP contribution in [0.15, 0.2) is 53.4 Å². The maximum absolute atomic E-state index is 14.0. The van der Waals surface area contributed by atoms with E-state index in [1.54, 1.807) is 12.1 Å². The zero-order valence-electron chi connectivity index (χ0n) is 17.6.